The largest absolute Gasteiger partial charge is 0.383 e. The number of aromatic amines is 1. The number of aryl methyl sites for hydroxylation is 1. The van der Waals surface area contributed by atoms with Gasteiger partial charge in [-0.2, -0.15) is 0 Å². The summed E-state index contributed by atoms with van der Waals surface area (Å²) >= 11 is 0. The number of nitrogens with one attached hydrogen (secondary N) is 1. The van der Waals surface area contributed by atoms with Crippen molar-refractivity contribution in [1.82, 2.24) is 19.3 Å². The average molecular weight is 314 g/mol. The van der Waals surface area contributed by atoms with E-state index < -0.39 is 0 Å². The van der Waals surface area contributed by atoms with Crippen molar-refractivity contribution >= 4 is 10.9 Å². The molecule has 0 saturated carbocycles. The second-order valence-electron chi connectivity index (χ2n) is 5.33. The van der Waals surface area contributed by atoms with Crippen LogP contribution >= 0.6 is 0 Å². The number of pyridine rings is 2. The maximum Gasteiger partial charge on any atom is 0.276 e. The van der Waals surface area contributed by atoms with E-state index in [1.54, 1.807) is 24.8 Å². The van der Waals surface area contributed by atoms with Crippen molar-refractivity contribution in [2.45, 2.75) is 20.0 Å². The first kappa shape index (κ1) is 15.2. The van der Waals surface area contributed by atoms with Crippen molar-refractivity contribution in [3.63, 3.8) is 0 Å². The molecule has 7 nitrogen and oxygen atoms in total. The summed E-state index contributed by atoms with van der Waals surface area (Å²) in [6, 6.07) is 7.00. The number of rotatable bonds is 5. The Morgan fingerprint density at radius 2 is 2.13 bits per heavy atom. The lowest BCUT2D eigenvalue weighted by Crippen LogP contribution is -2.24. The highest BCUT2D eigenvalue weighted by atomic mass is 16.5. The summed E-state index contributed by atoms with van der Waals surface area (Å²) < 4.78 is 8.03. The monoisotopic (exact) mass is 314 g/mol. The maximum absolute atomic E-state index is 12.5. The Hall–Kier alpha value is -2.67. The van der Waals surface area contributed by atoms with Gasteiger partial charge in [-0.15, -0.1) is 0 Å². The van der Waals surface area contributed by atoms with Crippen LogP contribution in [0.1, 0.15) is 11.4 Å². The van der Waals surface area contributed by atoms with Crippen molar-refractivity contribution in [1.29, 1.82) is 0 Å². The summed E-state index contributed by atoms with van der Waals surface area (Å²) in [4.78, 5) is 29.1. The van der Waals surface area contributed by atoms with Gasteiger partial charge in [-0.05, 0) is 19.1 Å². The van der Waals surface area contributed by atoms with Crippen LogP contribution in [-0.2, 0) is 17.8 Å². The zero-order valence-corrected chi connectivity index (χ0v) is 13.1. The molecule has 0 aromatic carbocycles. The molecule has 0 saturated heterocycles. The fourth-order valence-electron chi connectivity index (χ4n) is 2.65. The van der Waals surface area contributed by atoms with Crippen molar-refractivity contribution in [2.75, 3.05) is 13.7 Å². The van der Waals surface area contributed by atoms with Crippen LogP contribution in [0.5, 0.6) is 0 Å². The Balaban J connectivity index is 2.11. The number of nitrogens with zero attached hydrogens (tertiary/aromatic N) is 3. The van der Waals surface area contributed by atoms with Gasteiger partial charge in [-0.1, -0.05) is 6.07 Å². The minimum Gasteiger partial charge on any atom is -0.383 e. The molecule has 0 spiro atoms. The van der Waals surface area contributed by atoms with Crippen molar-refractivity contribution < 1.29 is 4.74 Å². The Morgan fingerprint density at radius 1 is 1.30 bits per heavy atom. The molecule has 0 unspecified atom stereocenters. The fourth-order valence-corrected chi connectivity index (χ4v) is 2.65. The topological polar surface area (TPSA) is 81.9 Å². The fraction of sp³-hybridized carbons (Fsp3) is 0.312. The molecule has 3 aromatic heterocycles. The van der Waals surface area contributed by atoms with E-state index in [1.165, 1.54) is 10.7 Å². The van der Waals surface area contributed by atoms with Gasteiger partial charge >= 0.3 is 0 Å². The van der Waals surface area contributed by atoms with Crippen LogP contribution in [0.2, 0.25) is 0 Å². The van der Waals surface area contributed by atoms with Gasteiger partial charge in [0.25, 0.3) is 11.1 Å². The maximum atomic E-state index is 12.5. The SMILES string of the molecule is COCCn1[nH]c2cc(=O)n(Cc3ccccn3)c(C)c2c1=O. The minimum atomic E-state index is -0.166. The van der Waals surface area contributed by atoms with Gasteiger partial charge in [0.15, 0.2) is 0 Å². The normalized spacial score (nSPS) is 11.2. The molecule has 0 atom stereocenters. The van der Waals surface area contributed by atoms with E-state index in [0.717, 1.165) is 5.69 Å². The number of methoxy groups -OCH3 is 1. The Morgan fingerprint density at radius 3 is 2.83 bits per heavy atom. The highest BCUT2D eigenvalue weighted by molar-refractivity contribution is 5.80. The number of hydrogen-bond acceptors (Lipinski definition) is 4. The van der Waals surface area contributed by atoms with Crippen LogP contribution in [-0.4, -0.2) is 33.0 Å². The van der Waals surface area contributed by atoms with Crippen molar-refractivity contribution in [2.24, 2.45) is 0 Å². The Kier molecular flexibility index (Phi) is 4.12. The summed E-state index contributed by atoms with van der Waals surface area (Å²) in [5, 5.41) is 3.49. The molecule has 120 valence electrons. The van der Waals surface area contributed by atoms with Crippen LogP contribution in [0.15, 0.2) is 40.1 Å². The van der Waals surface area contributed by atoms with Gasteiger partial charge < -0.3 is 9.30 Å². The lowest BCUT2D eigenvalue weighted by Gasteiger charge is -2.09. The summed E-state index contributed by atoms with van der Waals surface area (Å²) in [6.07, 6.45) is 1.68. The predicted molar refractivity (Wildman–Crippen MR) is 86.8 cm³/mol. The highest BCUT2D eigenvalue weighted by Crippen LogP contribution is 2.11. The molecule has 0 radical (unpaired) electrons. The van der Waals surface area contributed by atoms with Gasteiger partial charge in [0.2, 0.25) is 0 Å². The minimum absolute atomic E-state index is 0.149. The molecule has 0 aliphatic rings. The van der Waals surface area contributed by atoms with E-state index in [4.69, 9.17) is 4.74 Å². The summed E-state index contributed by atoms with van der Waals surface area (Å²) in [5.74, 6) is 0. The lowest BCUT2D eigenvalue weighted by atomic mass is 10.2. The first-order valence-electron chi connectivity index (χ1n) is 7.33. The molecular weight excluding hydrogens is 296 g/mol. The zero-order chi connectivity index (χ0) is 16.4. The Bertz CT molecular complexity index is 938. The number of hydrogen-bond donors (Lipinski definition) is 1. The molecule has 7 heteroatoms. The number of H-pyrrole nitrogens is 1. The molecule has 0 fully saturated rings. The van der Waals surface area contributed by atoms with Crippen molar-refractivity contribution in [3.05, 3.63) is 62.6 Å². The number of ether oxygens (including phenoxy) is 1. The van der Waals surface area contributed by atoms with E-state index >= 15 is 0 Å². The molecule has 1 N–H and O–H groups in total. The molecule has 3 heterocycles. The third kappa shape index (κ3) is 2.83. The van der Waals surface area contributed by atoms with Crippen LogP contribution in [0.25, 0.3) is 10.9 Å². The molecule has 0 amide bonds. The van der Waals surface area contributed by atoms with E-state index in [9.17, 15) is 9.59 Å². The van der Waals surface area contributed by atoms with Crippen molar-refractivity contribution in [3.8, 4) is 0 Å². The third-order valence-electron chi connectivity index (χ3n) is 3.85. The Labute approximate surface area is 132 Å². The number of fused-ring (bicyclic) bond motifs is 1. The number of aromatic nitrogens is 4. The van der Waals surface area contributed by atoms with Gasteiger partial charge in [0.05, 0.1) is 36.3 Å². The molecule has 3 rings (SSSR count). The second kappa shape index (κ2) is 6.21. The first-order chi connectivity index (χ1) is 11.1. The molecule has 0 aliphatic heterocycles. The molecule has 0 bridgehead atoms. The summed E-state index contributed by atoms with van der Waals surface area (Å²) in [6.45, 7) is 2.95. The third-order valence-corrected chi connectivity index (χ3v) is 3.85. The van der Waals surface area contributed by atoms with E-state index in [2.05, 4.69) is 10.1 Å². The standard InChI is InChI=1S/C16H18N4O3/c1-11-15-13(18-20(16(15)22)7-8-23-2)9-14(21)19(11)10-12-5-3-4-6-17-12/h3-6,9,18H,7-8,10H2,1-2H3. The van der Waals surface area contributed by atoms with Gasteiger partial charge in [0.1, 0.15) is 0 Å². The summed E-state index contributed by atoms with van der Waals surface area (Å²) in [7, 11) is 1.58. The van der Waals surface area contributed by atoms with Gasteiger partial charge in [-0.25, -0.2) is 4.68 Å². The van der Waals surface area contributed by atoms with E-state index in [-0.39, 0.29) is 11.1 Å². The van der Waals surface area contributed by atoms with Crippen LogP contribution in [0.3, 0.4) is 0 Å². The van der Waals surface area contributed by atoms with Crippen LogP contribution in [0.4, 0.5) is 0 Å². The van der Waals surface area contributed by atoms with Crippen LogP contribution in [0, 0.1) is 6.92 Å². The first-order valence-corrected chi connectivity index (χ1v) is 7.33. The zero-order valence-electron chi connectivity index (χ0n) is 13.1. The molecule has 0 aliphatic carbocycles. The second-order valence-corrected chi connectivity index (χ2v) is 5.33. The molecular formula is C16H18N4O3. The molecule has 3 aromatic rings. The quantitative estimate of drug-likeness (QED) is 0.758. The van der Waals surface area contributed by atoms with E-state index in [1.807, 2.05) is 18.2 Å². The molecule has 23 heavy (non-hydrogen) atoms. The van der Waals surface area contributed by atoms with Gasteiger partial charge in [-0.3, -0.25) is 19.7 Å². The smallest absolute Gasteiger partial charge is 0.276 e. The van der Waals surface area contributed by atoms with E-state index in [0.29, 0.717) is 36.3 Å². The van der Waals surface area contributed by atoms with Crippen LogP contribution < -0.4 is 11.1 Å². The predicted octanol–water partition coefficient (Wildman–Crippen LogP) is 0.889. The average Bonchev–Trinajstić information content (AvgIpc) is 2.86. The summed E-state index contributed by atoms with van der Waals surface area (Å²) in [5.41, 5.74) is 1.64. The highest BCUT2D eigenvalue weighted by Gasteiger charge is 2.14. The van der Waals surface area contributed by atoms with Gasteiger partial charge in [0, 0.05) is 25.1 Å². The lowest BCUT2D eigenvalue weighted by molar-refractivity contribution is 0.183.